The minimum atomic E-state index is -0.309. The second kappa shape index (κ2) is 5.72. The summed E-state index contributed by atoms with van der Waals surface area (Å²) in [5.74, 6) is 0.671. The summed E-state index contributed by atoms with van der Waals surface area (Å²) in [6.45, 7) is 1.86. The van der Waals surface area contributed by atoms with Crippen LogP contribution in [0.3, 0.4) is 0 Å². The molecular weight excluding hydrogens is 285 g/mol. The number of aryl methyl sites for hydroxylation is 1. The summed E-state index contributed by atoms with van der Waals surface area (Å²) in [4.78, 5) is 23.3. The number of aromatic nitrogens is 4. The van der Waals surface area contributed by atoms with Crippen molar-refractivity contribution in [3.63, 3.8) is 0 Å². The number of hydrogen-bond donors (Lipinski definition) is 1. The highest BCUT2D eigenvalue weighted by Gasteiger charge is 2.08. The van der Waals surface area contributed by atoms with Crippen LogP contribution in [0.15, 0.2) is 43.0 Å². The summed E-state index contributed by atoms with van der Waals surface area (Å²) in [7, 11) is 0. The lowest BCUT2D eigenvalue weighted by atomic mass is 10.3. The summed E-state index contributed by atoms with van der Waals surface area (Å²) in [5, 5.41) is 3.00. The average molecular weight is 297 g/mol. The van der Waals surface area contributed by atoms with Gasteiger partial charge in [-0.2, -0.15) is 4.98 Å². The molecule has 22 heavy (non-hydrogen) atoms. The van der Waals surface area contributed by atoms with Crippen molar-refractivity contribution in [1.82, 2.24) is 19.5 Å². The molecule has 6 nitrogen and oxygen atoms in total. The van der Waals surface area contributed by atoms with Crippen molar-refractivity contribution in [2.24, 2.45) is 0 Å². The monoisotopic (exact) mass is 297 g/mol. The van der Waals surface area contributed by atoms with Gasteiger partial charge in [0.05, 0.1) is 0 Å². The van der Waals surface area contributed by atoms with Crippen molar-refractivity contribution in [2.75, 3.05) is 5.32 Å². The van der Waals surface area contributed by atoms with E-state index >= 15 is 0 Å². The first-order valence-electron chi connectivity index (χ1n) is 6.51. The van der Waals surface area contributed by atoms with Gasteiger partial charge in [0.2, 0.25) is 5.95 Å². The van der Waals surface area contributed by atoms with E-state index in [1.807, 2.05) is 6.92 Å². The molecule has 0 fully saturated rings. The van der Waals surface area contributed by atoms with E-state index < -0.39 is 0 Å². The van der Waals surface area contributed by atoms with Gasteiger partial charge in [0.25, 0.3) is 0 Å². The third-order valence-corrected chi connectivity index (χ3v) is 3.01. The van der Waals surface area contributed by atoms with Crippen molar-refractivity contribution < 1.29 is 9.18 Å². The van der Waals surface area contributed by atoms with Crippen LogP contribution in [-0.2, 0) is 0 Å². The highest BCUT2D eigenvalue weighted by atomic mass is 19.1. The van der Waals surface area contributed by atoms with Crippen LogP contribution in [0.25, 0.3) is 5.82 Å². The fourth-order valence-electron chi connectivity index (χ4n) is 1.93. The first-order chi connectivity index (χ1) is 10.7. The maximum Gasteiger partial charge on any atom is 0.229 e. The van der Waals surface area contributed by atoms with Crippen LogP contribution >= 0.6 is 0 Å². The zero-order chi connectivity index (χ0) is 15.5. The van der Waals surface area contributed by atoms with Gasteiger partial charge in [0.1, 0.15) is 23.7 Å². The Morgan fingerprint density at radius 1 is 1.23 bits per heavy atom. The standard InChI is InChI=1S/C15H12FN5O/c1-10-6-17-15(19-12-4-2-11(16)3-5-12)20-14(10)21-7-13(8-22)18-9-21/h2-9H,1H3,(H,17,19,20). The first kappa shape index (κ1) is 13.9. The Morgan fingerprint density at radius 2 is 2.00 bits per heavy atom. The highest BCUT2D eigenvalue weighted by Crippen LogP contribution is 2.17. The number of carbonyl (C=O) groups is 1. The summed E-state index contributed by atoms with van der Waals surface area (Å²) >= 11 is 0. The van der Waals surface area contributed by atoms with Crippen LogP contribution in [0.5, 0.6) is 0 Å². The van der Waals surface area contributed by atoms with Gasteiger partial charge in [-0.1, -0.05) is 0 Å². The van der Waals surface area contributed by atoms with E-state index in [-0.39, 0.29) is 5.82 Å². The predicted octanol–water partition coefficient (Wildman–Crippen LogP) is 2.67. The van der Waals surface area contributed by atoms with Crippen molar-refractivity contribution >= 4 is 17.9 Å². The van der Waals surface area contributed by atoms with Gasteiger partial charge in [-0.25, -0.2) is 14.4 Å². The molecule has 0 saturated heterocycles. The fourth-order valence-corrected chi connectivity index (χ4v) is 1.93. The third-order valence-electron chi connectivity index (χ3n) is 3.01. The molecule has 0 unspecified atom stereocenters. The van der Waals surface area contributed by atoms with Gasteiger partial charge < -0.3 is 5.32 Å². The fraction of sp³-hybridized carbons (Fsp3) is 0.0667. The molecule has 3 aromatic rings. The number of imidazole rings is 1. The van der Waals surface area contributed by atoms with E-state index in [0.29, 0.717) is 29.4 Å². The van der Waals surface area contributed by atoms with Gasteiger partial charge in [-0.3, -0.25) is 9.36 Å². The quantitative estimate of drug-likeness (QED) is 0.749. The van der Waals surface area contributed by atoms with Gasteiger partial charge in [0.15, 0.2) is 6.29 Å². The van der Waals surface area contributed by atoms with Crippen LogP contribution in [0.4, 0.5) is 16.0 Å². The van der Waals surface area contributed by atoms with Crippen LogP contribution in [0, 0.1) is 12.7 Å². The van der Waals surface area contributed by atoms with Crippen molar-refractivity contribution in [3.8, 4) is 5.82 Å². The summed E-state index contributed by atoms with van der Waals surface area (Å²) in [6, 6.07) is 5.90. The Hall–Kier alpha value is -3.09. The SMILES string of the molecule is Cc1cnc(Nc2ccc(F)cc2)nc1-n1cnc(C=O)c1. The molecular formula is C15H12FN5O. The van der Waals surface area contributed by atoms with Crippen molar-refractivity contribution in [2.45, 2.75) is 6.92 Å². The summed E-state index contributed by atoms with van der Waals surface area (Å²) < 4.78 is 14.6. The van der Waals surface area contributed by atoms with Crippen LogP contribution in [0.1, 0.15) is 16.1 Å². The molecule has 2 aromatic heterocycles. The van der Waals surface area contributed by atoms with Gasteiger partial charge >= 0.3 is 0 Å². The Labute approximate surface area is 125 Å². The van der Waals surface area contributed by atoms with Crippen LogP contribution < -0.4 is 5.32 Å². The van der Waals surface area contributed by atoms with Crippen molar-refractivity contribution in [1.29, 1.82) is 0 Å². The molecule has 7 heteroatoms. The lowest BCUT2D eigenvalue weighted by Gasteiger charge is -2.09. The Morgan fingerprint density at radius 3 is 2.68 bits per heavy atom. The molecule has 0 bridgehead atoms. The van der Waals surface area contributed by atoms with Crippen LogP contribution in [-0.4, -0.2) is 25.8 Å². The molecule has 1 aromatic carbocycles. The van der Waals surface area contributed by atoms with Gasteiger partial charge in [0, 0.05) is 23.6 Å². The molecule has 2 heterocycles. The van der Waals surface area contributed by atoms with E-state index in [0.717, 1.165) is 5.56 Å². The van der Waals surface area contributed by atoms with E-state index in [9.17, 15) is 9.18 Å². The topological polar surface area (TPSA) is 72.7 Å². The van der Waals surface area contributed by atoms with E-state index in [1.54, 1.807) is 29.1 Å². The Bertz CT molecular complexity index is 813. The molecule has 0 saturated carbocycles. The molecule has 0 spiro atoms. The molecule has 0 radical (unpaired) electrons. The maximum atomic E-state index is 12.9. The molecule has 110 valence electrons. The summed E-state index contributed by atoms with van der Waals surface area (Å²) in [5.41, 5.74) is 1.83. The molecule has 0 atom stereocenters. The Kier molecular flexibility index (Phi) is 3.61. The van der Waals surface area contributed by atoms with Crippen molar-refractivity contribution in [3.05, 3.63) is 60.1 Å². The largest absolute Gasteiger partial charge is 0.324 e. The number of halogens is 1. The van der Waals surface area contributed by atoms with Gasteiger partial charge in [-0.05, 0) is 31.2 Å². The molecule has 0 aliphatic carbocycles. The number of aldehydes is 1. The zero-order valence-electron chi connectivity index (χ0n) is 11.7. The minimum Gasteiger partial charge on any atom is -0.324 e. The lowest BCUT2D eigenvalue weighted by molar-refractivity contribution is 0.111. The molecule has 0 aliphatic rings. The number of anilines is 2. The second-order valence-corrected chi connectivity index (χ2v) is 4.66. The zero-order valence-corrected chi connectivity index (χ0v) is 11.7. The average Bonchev–Trinajstić information content (AvgIpc) is 3.00. The van der Waals surface area contributed by atoms with Crippen LogP contribution in [0.2, 0.25) is 0 Å². The smallest absolute Gasteiger partial charge is 0.229 e. The highest BCUT2D eigenvalue weighted by molar-refractivity contribution is 5.71. The third kappa shape index (κ3) is 2.83. The lowest BCUT2D eigenvalue weighted by Crippen LogP contribution is -2.04. The summed E-state index contributed by atoms with van der Waals surface area (Å²) in [6.07, 6.45) is 5.43. The predicted molar refractivity (Wildman–Crippen MR) is 79.0 cm³/mol. The van der Waals surface area contributed by atoms with E-state index in [1.165, 1.54) is 18.5 Å². The number of benzene rings is 1. The second-order valence-electron chi connectivity index (χ2n) is 4.66. The number of nitrogens with one attached hydrogen (secondary N) is 1. The molecule has 1 N–H and O–H groups in total. The Balaban J connectivity index is 1.92. The molecule has 3 rings (SSSR count). The minimum absolute atomic E-state index is 0.309. The number of hydrogen-bond acceptors (Lipinski definition) is 5. The molecule has 0 amide bonds. The molecule has 0 aliphatic heterocycles. The normalized spacial score (nSPS) is 10.5. The number of carbonyl (C=O) groups excluding carboxylic acids is 1. The van der Waals surface area contributed by atoms with Gasteiger partial charge in [-0.15, -0.1) is 0 Å². The first-order valence-corrected chi connectivity index (χ1v) is 6.51. The van der Waals surface area contributed by atoms with E-state index in [4.69, 9.17) is 0 Å². The maximum absolute atomic E-state index is 12.9. The number of rotatable bonds is 4. The van der Waals surface area contributed by atoms with E-state index in [2.05, 4.69) is 20.3 Å². The number of nitrogens with zero attached hydrogens (tertiary/aromatic N) is 4.